The fraction of sp³-hybridized carbons (Fsp3) is 0.517. The van der Waals surface area contributed by atoms with Crippen molar-refractivity contribution in [2.45, 2.75) is 72.3 Å². The lowest BCUT2D eigenvalue weighted by Crippen LogP contribution is -2.34. The molecule has 0 radical (unpaired) electrons. The van der Waals surface area contributed by atoms with Crippen LogP contribution in [0.2, 0.25) is 0 Å². The number of nitrogens with zero attached hydrogens (tertiary/aromatic N) is 1. The van der Waals surface area contributed by atoms with Gasteiger partial charge in [-0.15, -0.1) is 0 Å². The molecule has 1 saturated heterocycles. The van der Waals surface area contributed by atoms with Crippen molar-refractivity contribution in [3.63, 3.8) is 0 Å². The van der Waals surface area contributed by atoms with Crippen molar-refractivity contribution in [2.75, 3.05) is 31.2 Å². The second-order valence-electron chi connectivity index (χ2n) is 9.17. The molecule has 2 aromatic carbocycles. The highest BCUT2D eigenvalue weighted by Gasteiger charge is 2.22. The van der Waals surface area contributed by atoms with Gasteiger partial charge in [-0.1, -0.05) is 31.5 Å². The zero-order chi connectivity index (χ0) is 25.2. The van der Waals surface area contributed by atoms with Gasteiger partial charge in [-0.25, -0.2) is 4.79 Å². The maximum Gasteiger partial charge on any atom is 0.338 e. The van der Waals surface area contributed by atoms with E-state index in [1.807, 2.05) is 6.92 Å². The number of ether oxygens (including phenoxy) is 2. The minimum atomic E-state index is -0.392. The summed E-state index contributed by atoms with van der Waals surface area (Å²) in [5.74, 6) is 0.0973. The van der Waals surface area contributed by atoms with E-state index in [0.29, 0.717) is 24.5 Å². The van der Waals surface area contributed by atoms with Crippen LogP contribution >= 0.6 is 0 Å². The van der Waals surface area contributed by atoms with Crippen molar-refractivity contribution >= 4 is 17.6 Å². The quantitative estimate of drug-likeness (QED) is 0.414. The standard InChI is InChI=1S/C29H40N2O4/c1-5-11-25(24-15-12-21(4)18-26(24)31-16-9-8-10-17-31)30-28(32)20-22-13-14-23(29(33)35-7-3)19-27(22)34-6-2/h12-15,18-19,25H,5-11,16-17,20H2,1-4H3,(H,30,32). The van der Waals surface area contributed by atoms with Crippen LogP contribution in [0.5, 0.6) is 5.75 Å². The van der Waals surface area contributed by atoms with Gasteiger partial charge >= 0.3 is 5.97 Å². The lowest BCUT2D eigenvalue weighted by atomic mass is 9.96. The number of piperidine rings is 1. The number of benzene rings is 2. The molecule has 6 nitrogen and oxygen atoms in total. The average Bonchev–Trinajstić information content (AvgIpc) is 2.85. The van der Waals surface area contributed by atoms with Gasteiger partial charge in [-0.05, 0) is 75.8 Å². The van der Waals surface area contributed by atoms with Crippen LogP contribution in [0.3, 0.4) is 0 Å². The van der Waals surface area contributed by atoms with Gasteiger partial charge in [0.1, 0.15) is 5.75 Å². The molecular weight excluding hydrogens is 440 g/mol. The fourth-order valence-corrected chi connectivity index (χ4v) is 4.70. The van der Waals surface area contributed by atoms with Crippen molar-refractivity contribution < 1.29 is 19.1 Å². The first-order chi connectivity index (χ1) is 17.0. The number of carbonyl (C=O) groups excluding carboxylic acids is 2. The molecule has 1 aliphatic rings. The Morgan fingerprint density at radius 3 is 2.46 bits per heavy atom. The highest BCUT2D eigenvalue weighted by Crippen LogP contribution is 2.32. The zero-order valence-corrected chi connectivity index (χ0v) is 21.7. The predicted molar refractivity (Wildman–Crippen MR) is 140 cm³/mol. The number of nitrogens with one attached hydrogen (secondary N) is 1. The van der Waals surface area contributed by atoms with E-state index in [1.54, 1.807) is 25.1 Å². The van der Waals surface area contributed by atoms with E-state index in [-0.39, 0.29) is 18.4 Å². The first-order valence-corrected chi connectivity index (χ1v) is 13.0. The molecule has 1 unspecified atom stereocenters. The highest BCUT2D eigenvalue weighted by molar-refractivity contribution is 5.90. The first-order valence-electron chi connectivity index (χ1n) is 13.0. The number of amides is 1. The maximum atomic E-state index is 13.2. The number of hydrogen-bond donors (Lipinski definition) is 1. The summed E-state index contributed by atoms with van der Waals surface area (Å²) in [6.45, 7) is 10.8. The molecular formula is C29H40N2O4. The molecule has 0 saturated carbocycles. The van der Waals surface area contributed by atoms with Crippen molar-refractivity contribution in [3.05, 3.63) is 58.7 Å². The average molecular weight is 481 g/mol. The lowest BCUT2D eigenvalue weighted by Gasteiger charge is -2.33. The predicted octanol–water partition coefficient (Wildman–Crippen LogP) is 5.76. The lowest BCUT2D eigenvalue weighted by molar-refractivity contribution is -0.121. The zero-order valence-electron chi connectivity index (χ0n) is 21.7. The molecule has 2 aromatic rings. The molecule has 6 heteroatoms. The third-order valence-electron chi connectivity index (χ3n) is 6.40. The van der Waals surface area contributed by atoms with Crippen molar-refractivity contribution in [1.82, 2.24) is 5.32 Å². The molecule has 190 valence electrons. The van der Waals surface area contributed by atoms with Crippen LogP contribution in [0.1, 0.15) is 86.0 Å². The number of aryl methyl sites for hydroxylation is 1. The Bertz CT molecular complexity index is 998. The summed E-state index contributed by atoms with van der Waals surface area (Å²) in [6, 6.07) is 11.7. The Morgan fingerprint density at radius 1 is 1.00 bits per heavy atom. The van der Waals surface area contributed by atoms with Crippen molar-refractivity contribution in [2.24, 2.45) is 0 Å². The molecule has 1 amide bonds. The molecule has 0 spiro atoms. The molecule has 35 heavy (non-hydrogen) atoms. The Kier molecular flexibility index (Phi) is 10.0. The highest BCUT2D eigenvalue weighted by atomic mass is 16.5. The van der Waals surface area contributed by atoms with E-state index in [1.165, 1.54) is 36.1 Å². The molecule has 1 aliphatic heterocycles. The van der Waals surface area contributed by atoms with E-state index < -0.39 is 5.97 Å². The summed E-state index contributed by atoms with van der Waals surface area (Å²) in [4.78, 5) is 27.8. The van der Waals surface area contributed by atoms with E-state index in [2.05, 4.69) is 42.3 Å². The molecule has 1 N–H and O–H groups in total. The summed E-state index contributed by atoms with van der Waals surface area (Å²) >= 11 is 0. The molecule has 0 aliphatic carbocycles. The Morgan fingerprint density at radius 2 is 1.77 bits per heavy atom. The topological polar surface area (TPSA) is 67.9 Å². The van der Waals surface area contributed by atoms with Gasteiger partial charge in [0.2, 0.25) is 5.91 Å². The van der Waals surface area contributed by atoms with Crippen LogP contribution < -0.4 is 15.0 Å². The second-order valence-corrected chi connectivity index (χ2v) is 9.17. The Hall–Kier alpha value is -3.02. The van der Waals surface area contributed by atoms with Gasteiger partial charge < -0.3 is 19.7 Å². The molecule has 1 fully saturated rings. The fourth-order valence-electron chi connectivity index (χ4n) is 4.70. The smallest absolute Gasteiger partial charge is 0.338 e. The molecule has 1 heterocycles. The van der Waals surface area contributed by atoms with Crippen LogP contribution in [-0.2, 0) is 16.0 Å². The van der Waals surface area contributed by atoms with Crippen molar-refractivity contribution in [3.8, 4) is 5.75 Å². The normalized spacial score (nSPS) is 14.3. The number of anilines is 1. The van der Waals surface area contributed by atoms with E-state index >= 15 is 0 Å². The summed E-state index contributed by atoms with van der Waals surface area (Å²) in [5.41, 5.74) is 4.86. The van der Waals surface area contributed by atoms with Gasteiger partial charge in [-0.2, -0.15) is 0 Å². The third kappa shape index (κ3) is 7.23. The second kappa shape index (κ2) is 13.2. The summed E-state index contributed by atoms with van der Waals surface area (Å²) in [5, 5.41) is 3.30. The van der Waals surface area contributed by atoms with Crippen LogP contribution in [0, 0.1) is 6.92 Å². The minimum Gasteiger partial charge on any atom is -0.494 e. The van der Waals surface area contributed by atoms with Gasteiger partial charge in [0, 0.05) is 24.3 Å². The van der Waals surface area contributed by atoms with Gasteiger partial charge in [0.15, 0.2) is 0 Å². The largest absolute Gasteiger partial charge is 0.494 e. The maximum absolute atomic E-state index is 13.2. The Balaban J connectivity index is 1.81. The number of hydrogen-bond acceptors (Lipinski definition) is 5. The van der Waals surface area contributed by atoms with Crippen molar-refractivity contribution in [1.29, 1.82) is 0 Å². The summed E-state index contributed by atoms with van der Waals surface area (Å²) in [6.07, 6.45) is 5.72. The van der Waals surface area contributed by atoms with E-state index in [0.717, 1.165) is 31.5 Å². The first kappa shape index (κ1) is 26.6. The van der Waals surface area contributed by atoms with Crippen LogP contribution in [0.4, 0.5) is 5.69 Å². The Labute approximate surface area is 210 Å². The van der Waals surface area contributed by atoms with Crippen LogP contribution in [-0.4, -0.2) is 38.2 Å². The van der Waals surface area contributed by atoms with E-state index in [9.17, 15) is 9.59 Å². The monoisotopic (exact) mass is 480 g/mol. The molecule has 0 aromatic heterocycles. The van der Waals surface area contributed by atoms with E-state index in [4.69, 9.17) is 9.47 Å². The van der Waals surface area contributed by atoms with Gasteiger partial charge in [-0.3, -0.25) is 4.79 Å². The van der Waals surface area contributed by atoms with Gasteiger partial charge in [0.05, 0.1) is 31.2 Å². The molecule has 1 atom stereocenters. The van der Waals surface area contributed by atoms with Crippen LogP contribution in [0.15, 0.2) is 36.4 Å². The molecule has 3 rings (SSSR count). The van der Waals surface area contributed by atoms with Crippen LogP contribution in [0.25, 0.3) is 0 Å². The number of esters is 1. The summed E-state index contributed by atoms with van der Waals surface area (Å²) in [7, 11) is 0. The minimum absolute atomic E-state index is 0.0561. The third-order valence-corrected chi connectivity index (χ3v) is 6.40. The SMILES string of the molecule is CCCC(NC(=O)Cc1ccc(C(=O)OCC)cc1OCC)c1ccc(C)cc1N1CCCCC1. The van der Waals surface area contributed by atoms with Gasteiger partial charge in [0.25, 0.3) is 0 Å². The molecule has 0 bridgehead atoms. The number of carbonyl (C=O) groups is 2. The number of rotatable bonds is 11. The summed E-state index contributed by atoms with van der Waals surface area (Å²) < 4.78 is 10.9.